The van der Waals surface area contributed by atoms with Crippen molar-refractivity contribution in [2.45, 2.75) is 19.8 Å². The molecule has 1 aromatic rings. The summed E-state index contributed by atoms with van der Waals surface area (Å²) in [6, 6.07) is 10.6. The molecule has 2 unspecified atom stereocenters. The van der Waals surface area contributed by atoms with Gasteiger partial charge in [0.15, 0.2) is 0 Å². The Labute approximate surface area is 97.9 Å². The van der Waals surface area contributed by atoms with E-state index in [-0.39, 0.29) is 0 Å². The molecule has 0 spiro atoms. The third-order valence-electron chi connectivity index (χ3n) is 3.45. The zero-order chi connectivity index (χ0) is 11.4. The lowest BCUT2D eigenvalue weighted by Gasteiger charge is -2.19. The quantitative estimate of drug-likeness (QED) is 0.841. The summed E-state index contributed by atoms with van der Waals surface area (Å²) in [6.07, 6.45) is 2.42. The van der Waals surface area contributed by atoms with Crippen LogP contribution in [0.5, 0.6) is 0 Å². The summed E-state index contributed by atoms with van der Waals surface area (Å²) in [5.74, 6) is 1.20. The van der Waals surface area contributed by atoms with Crippen LogP contribution in [0.1, 0.15) is 19.8 Å². The van der Waals surface area contributed by atoms with Crippen molar-refractivity contribution >= 4 is 5.69 Å². The summed E-state index contributed by atoms with van der Waals surface area (Å²) in [7, 11) is 0. The van der Waals surface area contributed by atoms with Crippen LogP contribution in [-0.2, 0) is 0 Å². The largest absolute Gasteiger partial charge is 0.396 e. The maximum Gasteiger partial charge on any atom is 0.0456 e. The number of rotatable bonds is 4. The van der Waals surface area contributed by atoms with Gasteiger partial charge in [-0.1, -0.05) is 25.1 Å². The topological polar surface area (TPSA) is 23.5 Å². The summed E-state index contributed by atoms with van der Waals surface area (Å²) in [4.78, 5) is 2.45. The molecule has 16 heavy (non-hydrogen) atoms. The molecule has 0 bridgehead atoms. The van der Waals surface area contributed by atoms with Crippen molar-refractivity contribution in [2.75, 3.05) is 24.6 Å². The standard InChI is InChI=1S/C14H21NO/c1-12(11-16)9-13-7-8-15(10-13)14-5-3-2-4-6-14/h2-6,12-13,16H,7-11H2,1H3. The van der Waals surface area contributed by atoms with Crippen molar-refractivity contribution in [3.8, 4) is 0 Å². The number of para-hydroxylation sites is 1. The number of hydrogen-bond acceptors (Lipinski definition) is 2. The maximum atomic E-state index is 9.06. The molecule has 88 valence electrons. The van der Waals surface area contributed by atoms with Gasteiger partial charge in [0.1, 0.15) is 0 Å². The van der Waals surface area contributed by atoms with Gasteiger partial charge in [0.25, 0.3) is 0 Å². The zero-order valence-corrected chi connectivity index (χ0v) is 9.97. The molecule has 1 N–H and O–H groups in total. The summed E-state index contributed by atoms with van der Waals surface area (Å²) < 4.78 is 0. The minimum atomic E-state index is 0.321. The van der Waals surface area contributed by atoms with Gasteiger partial charge in [-0.15, -0.1) is 0 Å². The number of aliphatic hydroxyl groups excluding tert-OH is 1. The lowest BCUT2D eigenvalue weighted by molar-refractivity contribution is 0.215. The van der Waals surface area contributed by atoms with Gasteiger partial charge in [-0.25, -0.2) is 0 Å². The highest BCUT2D eigenvalue weighted by Crippen LogP contribution is 2.27. The first-order valence-electron chi connectivity index (χ1n) is 6.20. The van der Waals surface area contributed by atoms with Crippen LogP contribution in [0.25, 0.3) is 0 Å². The molecule has 1 fully saturated rings. The van der Waals surface area contributed by atoms with Crippen LogP contribution in [0.4, 0.5) is 5.69 Å². The van der Waals surface area contributed by atoms with E-state index < -0.39 is 0 Å². The molecule has 0 radical (unpaired) electrons. The van der Waals surface area contributed by atoms with Crippen molar-refractivity contribution < 1.29 is 5.11 Å². The second kappa shape index (κ2) is 5.35. The Kier molecular flexibility index (Phi) is 3.83. The van der Waals surface area contributed by atoms with Crippen LogP contribution >= 0.6 is 0 Å². The molecule has 0 aromatic heterocycles. The Morgan fingerprint density at radius 2 is 2.12 bits per heavy atom. The molecule has 2 atom stereocenters. The second-order valence-electron chi connectivity index (χ2n) is 4.96. The van der Waals surface area contributed by atoms with Crippen LogP contribution in [0.2, 0.25) is 0 Å². The Morgan fingerprint density at radius 1 is 1.38 bits per heavy atom. The van der Waals surface area contributed by atoms with Gasteiger partial charge >= 0.3 is 0 Å². The molecular formula is C14H21NO. The maximum absolute atomic E-state index is 9.06. The Morgan fingerprint density at radius 3 is 2.81 bits per heavy atom. The van der Waals surface area contributed by atoms with E-state index in [0.29, 0.717) is 12.5 Å². The minimum Gasteiger partial charge on any atom is -0.396 e. The van der Waals surface area contributed by atoms with Crippen molar-refractivity contribution in [1.29, 1.82) is 0 Å². The van der Waals surface area contributed by atoms with Gasteiger partial charge < -0.3 is 10.0 Å². The van der Waals surface area contributed by atoms with Crippen LogP contribution in [0, 0.1) is 11.8 Å². The molecule has 2 nitrogen and oxygen atoms in total. The van der Waals surface area contributed by atoms with Crippen LogP contribution in [-0.4, -0.2) is 24.8 Å². The molecule has 2 heteroatoms. The van der Waals surface area contributed by atoms with Gasteiger partial charge in [-0.3, -0.25) is 0 Å². The molecule has 1 heterocycles. The summed E-state index contributed by atoms with van der Waals surface area (Å²) >= 11 is 0. The SMILES string of the molecule is CC(CO)CC1CCN(c2ccccc2)C1. The Hall–Kier alpha value is -1.02. The zero-order valence-electron chi connectivity index (χ0n) is 9.97. The fraction of sp³-hybridized carbons (Fsp3) is 0.571. The molecular weight excluding hydrogens is 198 g/mol. The average Bonchev–Trinajstić information content (AvgIpc) is 2.78. The summed E-state index contributed by atoms with van der Waals surface area (Å²) in [5.41, 5.74) is 1.33. The van der Waals surface area contributed by atoms with E-state index in [2.05, 4.69) is 42.2 Å². The lowest BCUT2D eigenvalue weighted by atomic mass is 9.96. The van der Waals surface area contributed by atoms with Gasteiger partial charge in [-0.05, 0) is 36.8 Å². The van der Waals surface area contributed by atoms with Crippen molar-refractivity contribution in [2.24, 2.45) is 11.8 Å². The van der Waals surface area contributed by atoms with Crippen molar-refractivity contribution in [3.05, 3.63) is 30.3 Å². The normalized spacial score (nSPS) is 22.4. The first-order valence-corrected chi connectivity index (χ1v) is 6.20. The third kappa shape index (κ3) is 2.76. The number of anilines is 1. The molecule has 1 aromatic carbocycles. The molecule has 2 rings (SSSR count). The predicted octanol–water partition coefficient (Wildman–Crippen LogP) is 2.53. The van der Waals surface area contributed by atoms with Gasteiger partial charge in [0.2, 0.25) is 0 Å². The number of nitrogens with zero attached hydrogens (tertiary/aromatic N) is 1. The fourth-order valence-corrected chi connectivity index (χ4v) is 2.54. The fourth-order valence-electron chi connectivity index (χ4n) is 2.54. The predicted molar refractivity (Wildman–Crippen MR) is 67.6 cm³/mol. The second-order valence-corrected chi connectivity index (χ2v) is 4.96. The third-order valence-corrected chi connectivity index (χ3v) is 3.45. The van der Waals surface area contributed by atoms with Gasteiger partial charge in [0, 0.05) is 25.4 Å². The summed E-state index contributed by atoms with van der Waals surface area (Å²) in [6.45, 7) is 4.76. The highest BCUT2D eigenvalue weighted by molar-refractivity contribution is 5.46. The molecule has 1 aliphatic heterocycles. The molecule has 1 saturated heterocycles. The average molecular weight is 219 g/mol. The highest BCUT2D eigenvalue weighted by atomic mass is 16.3. The van der Waals surface area contributed by atoms with E-state index in [9.17, 15) is 0 Å². The van der Waals surface area contributed by atoms with E-state index in [1.165, 1.54) is 12.1 Å². The smallest absolute Gasteiger partial charge is 0.0456 e. The van der Waals surface area contributed by atoms with Crippen molar-refractivity contribution in [3.63, 3.8) is 0 Å². The first kappa shape index (κ1) is 11.5. The van der Waals surface area contributed by atoms with Crippen molar-refractivity contribution in [1.82, 2.24) is 0 Å². The number of hydrogen-bond donors (Lipinski definition) is 1. The van der Waals surface area contributed by atoms with E-state index in [4.69, 9.17) is 5.11 Å². The molecule has 0 amide bonds. The van der Waals surface area contributed by atoms with Gasteiger partial charge in [-0.2, -0.15) is 0 Å². The highest BCUT2D eigenvalue weighted by Gasteiger charge is 2.23. The van der Waals surface area contributed by atoms with E-state index in [1.54, 1.807) is 0 Å². The van der Waals surface area contributed by atoms with E-state index >= 15 is 0 Å². The minimum absolute atomic E-state index is 0.321. The number of benzene rings is 1. The monoisotopic (exact) mass is 219 g/mol. The Balaban J connectivity index is 1.89. The van der Waals surface area contributed by atoms with E-state index in [1.807, 2.05) is 0 Å². The number of aliphatic hydroxyl groups is 1. The molecule has 0 aliphatic carbocycles. The van der Waals surface area contributed by atoms with Crippen LogP contribution < -0.4 is 4.90 Å². The van der Waals surface area contributed by atoms with Crippen LogP contribution in [0.3, 0.4) is 0 Å². The van der Waals surface area contributed by atoms with Crippen LogP contribution in [0.15, 0.2) is 30.3 Å². The molecule has 1 aliphatic rings. The summed E-state index contributed by atoms with van der Waals surface area (Å²) in [5, 5.41) is 9.06. The Bertz CT molecular complexity index is 312. The molecule has 0 saturated carbocycles. The lowest BCUT2D eigenvalue weighted by Crippen LogP contribution is -2.20. The van der Waals surface area contributed by atoms with Gasteiger partial charge in [0.05, 0.1) is 0 Å². The van der Waals surface area contributed by atoms with E-state index in [0.717, 1.165) is 25.4 Å². The first-order chi connectivity index (χ1) is 7.79.